The van der Waals surface area contributed by atoms with Crippen molar-refractivity contribution in [1.82, 2.24) is 0 Å². The van der Waals surface area contributed by atoms with E-state index in [2.05, 4.69) is 5.32 Å². The topological polar surface area (TPSA) is 89.3 Å². The molecule has 1 aliphatic carbocycles. The highest BCUT2D eigenvalue weighted by atomic mass is 32.2. The number of nitrogens with one attached hydrogen (secondary N) is 1. The number of carbonyl (C=O) groups excluding carboxylic acids is 1. The maximum absolute atomic E-state index is 14.1. The van der Waals surface area contributed by atoms with Crippen LogP contribution < -0.4 is 10.5 Å². The number of primary sulfonamides is 1. The van der Waals surface area contributed by atoms with Crippen LogP contribution in [0.4, 0.5) is 10.1 Å². The summed E-state index contributed by atoms with van der Waals surface area (Å²) in [5.41, 5.74) is 1.56. The minimum Gasteiger partial charge on any atom is -0.322 e. The average molecular weight is 348 g/mol. The van der Waals surface area contributed by atoms with Gasteiger partial charge < -0.3 is 5.32 Å². The zero-order valence-corrected chi connectivity index (χ0v) is 13.9. The van der Waals surface area contributed by atoms with Crippen molar-refractivity contribution >= 4 is 21.6 Å². The van der Waals surface area contributed by atoms with Crippen LogP contribution >= 0.6 is 0 Å². The van der Waals surface area contributed by atoms with Gasteiger partial charge in [0.1, 0.15) is 5.82 Å². The van der Waals surface area contributed by atoms with Gasteiger partial charge in [-0.25, -0.2) is 17.9 Å². The van der Waals surface area contributed by atoms with Crippen LogP contribution in [0.3, 0.4) is 0 Å². The Hall–Kier alpha value is -2.25. The number of hydrogen-bond donors (Lipinski definition) is 2. The summed E-state index contributed by atoms with van der Waals surface area (Å²) in [5, 5.41) is 7.68. The summed E-state index contributed by atoms with van der Waals surface area (Å²) in [6, 6.07) is 8.79. The fourth-order valence-electron chi connectivity index (χ4n) is 2.60. The molecule has 0 atom stereocenters. The maximum atomic E-state index is 14.1. The first-order valence-corrected chi connectivity index (χ1v) is 9.04. The second-order valence-corrected chi connectivity index (χ2v) is 7.54. The fourth-order valence-corrected chi connectivity index (χ4v) is 3.31. The Kier molecular flexibility index (Phi) is 4.15. The standard InChI is InChI=1S/C17H17FN2O3S/c1-10-2-7-16(24(19,22)23)14(8-10)17(21)20-12-5-6-13(11-3-4-11)15(18)9-12/h2,5-9,11H,3-4H2,1H3,(H,20,21)(H2,19,22,23). The molecule has 1 saturated carbocycles. The van der Waals surface area contributed by atoms with Gasteiger partial charge >= 0.3 is 0 Å². The maximum Gasteiger partial charge on any atom is 0.257 e. The smallest absolute Gasteiger partial charge is 0.257 e. The molecular weight excluding hydrogens is 331 g/mol. The van der Waals surface area contributed by atoms with Gasteiger partial charge in [-0.3, -0.25) is 4.79 Å². The molecule has 1 aliphatic rings. The van der Waals surface area contributed by atoms with Crippen molar-refractivity contribution in [2.45, 2.75) is 30.6 Å². The number of anilines is 1. The number of hydrogen-bond acceptors (Lipinski definition) is 3. The number of amides is 1. The van der Waals surface area contributed by atoms with Gasteiger partial charge in [-0.15, -0.1) is 0 Å². The van der Waals surface area contributed by atoms with Crippen molar-refractivity contribution < 1.29 is 17.6 Å². The summed E-state index contributed by atoms with van der Waals surface area (Å²) in [7, 11) is -4.04. The quantitative estimate of drug-likeness (QED) is 0.890. The Bertz CT molecular complexity index is 921. The number of nitrogens with two attached hydrogens (primary N) is 1. The highest BCUT2D eigenvalue weighted by molar-refractivity contribution is 7.89. The highest BCUT2D eigenvalue weighted by Gasteiger charge is 2.26. The minimum absolute atomic E-state index is 0.0656. The summed E-state index contributed by atoms with van der Waals surface area (Å²) < 4.78 is 37.3. The number of halogens is 1. The fraction of sp³-hybridized carbons (Fsp3) is 0.235. The number of carbonyl (C=O) groups is 1. The van der Waals surface area contributed by atoms with Crippen molar-refractivity contribution in [1.29, 1.82) is 0 Å². The minimum atomic E-state index is -4.04. The Morgan fingerprint density at radius 1 is 1.21 bits per heavy atom. The van der Waals surface area contributed by atoms with E-state index in [1.165, 1.54) is 18.2 Å². The summed E-state index contributed by atoms with van der Waals surface area (Å²) in [6.45, 7) is 1.73. The largest absolute Gasteiger partial charge is 0.322 e. The molecule has 1 fully saturated rings. The van der Waals surface area contributed by atoms with Gasteiger partial charge in [0.25, 0.3) is 5.91 Å². The third-order valence-corrected chi connectivity index (χ3v) is 4.93. The van der Waals surface area contributed by atoms with E-state index in [9.17, 15) is 17.6 Å². The van der Waals surface area contributed by atoms with Crippen LogP contribution in [0.5, 0.6) is 0 Å². The molecule has 7 heteroatoms. The van der Waals surface area contributed by atoms with Gasteiger partial charge in [-0.05, 0) is 55.5 Å². The van der Waals surface area contributed by atoms with E-state index in [0.717, 1.165) is 12.8 Å². The second-order valence-electron chi connectivity index (χ2n) is 6.01. The number of aryl methyl sites for hydroxylation is 1. The number of rotatable bonds is 4. The van der Waals surface area contributed by atoms with Crippen LogP contribution in [0.25, 0.3) is 0 Å². The van der Waals surface area contributed by atoms with Crippen LogP contribution in [0.1, 0.15) is 40.2 Å². The van der Waals surface area contributed by atoms with Gasteiger partial charge in [0.2, 0.25) is 10.0 Å². The second kappa shape index (κ2) is 5.99. The van der Waals surface area contributed by atoms with E-state index in [1.807, 2.05) is 0 Å². The van der Waals surface area contributed by atoms with Gasteiger partial charge in [0.15, 0.2) is 0 Å². The Balaban J connectivity index is 1.90. The van der Waals surface area contributed by atoms with E-state index >= 15 is 0 Å². The molecule has 0 bridgehead atoms. The average Bonchev–Trinajstić information content (AvgIpc) is 3.30. The van der Waals surface area contributed by atoms with E-state index in [0.29, 0.717) is 11.1 Å². The first-order chi connectivity index (χ1) is 11.3. The van der Waals surface area contributed by atoms with Crippen molar-refractivity contribution in [2.75, 3.05) is 5.32 Å². The molecule has 0 unspecified atom stereocenters. The van der Waals surface area contributed by atoms with Crippen molar-refractivity contribution in [3.8, 4) is 0 Å². The van der Waals surface area contributed by atoms with E-state index in [4.69, 9.17) is 5.14 Å². The molecule has 0 aliphatic heterocycles. The zero-order chi connectivity index (χ0) is 17.5. The molecule has 3 N–H and O–H groups in total. The van der Waals surface area contributed by atoms with E-state index in [-0.39, 0.29) is 27.9 Å². The normalized spacial score (nSPS) is 14.5. The monoisotopic (exact) mass is 348 g/mol. The van der Waals surface area contributed by atoms with Gasteiger partial charge in [0, 0.05) is 5.69 Å². The van der Waals surface area contributed by atoms with Crippen LogP contribution in [0.2, 0.25) is 0 Å². The summed E-state index contributed by atoms with van der Waals surface area (Å²) in [5.74, 6) is -0.756. The molecule has 0 radical (unpaired) electrons. The van der Waals surface area contributed by atoms with Crippen LogP contribution in [0, 0.1) is 12.7 Å². The Morgan fingerprint density at radius 3 is 2.50 bits per heavy atom. The zero-order valence-electron chi connectivity index (χ0n) is 13.0. The first kappa shape index (κ1) is 16.6. The van der Waals surface area contributed by atoms with E-state index < -0.39 is 15.9 Å². The van der Waals surface area contributed by atoms with E-state index in [1.54, 1.807) is 25.1 Å². The van der Waals surface area contributed by atoms with Crippen LogP contribution in [-0.4, -0.2) is 14.3 Å². The van der Waals surface area contributed by atoms with Crippen molar-refractivity contribution in [3.63, 3.8) is 0 Å². The lowest BCUT2D eigenvalue weighted by atomic mass is 10.1. The first-order valence-electron chi connectivity index (χ1n) is 7.50. The molecule has 0 heterocycles. The number of sulfonamides is 1. The Morgan fingerprint density at radius 2 is 1.92 bits per heavy atom. The van der Waals surface area contributed by atoms with Gasteiger partial charge in [-0.2, -0.15) is 0 Å². The predicted octanol–water partition coefficient (Wildman–Crippen LogP) is 2.91. The van der Waals surface area contributed by atoms with Gasteiger partial charge in [-0.1, -0.05) is 17.7 Å². The van der Waals surface area contributed by atoms with Crippen LogP contribution in [-0.2, 0) is 10.0 Å². The molecule has 2 aromatic carbocycles. The SMILES string of the molecule is Cc1ccc(S(N)(=O)=O)c(C(=O)Nc2ccc(C3CC3)c(F)c2)c1. The Labute approximate surface area is 139 Å². The molecule has 0 aromatic heterocycles. The van der Waals surface area contributed by atoms with Crippen molar-refractivity contribution in [2.24, 2.45) is 5.14 Å². The molecular formula is C17H17FN2O3S. The molecule has 5 nitrogen and oxygen atoms in total. The lowest BCUT2D eigenvalue weighted by Crippen LogP contribution is -2.20. The summed E-state index contributed by atoms with van der Waals surface area (Å²) in [6.07, 6.45) is 1.95. The summed E-state index contributed by atoms with van der Waals surface area (Å²) in [4.78, 5) is 12.2. The molecule has 2 aromatic rings. The molecule has 24 heavy (non-hydrogen) atoms. The predicted molar refractivity (Wildman–Crippen MR) is 88.9 cm³/mol. The third-order valence-electron chi connectivity index (χ3n) is 3.96. The molecule has 3 rings (SSSR count). The molecule has 126 valence electrons. The number of benzene rings is 2. The third kappa shape index (κ3) is 3.47. The van der Waals surface area contributed by atoms with Gasteiger partial charge in [0.05, 0.1) is 10.5 Å². The lowest BCUT2D eigenvalue weighted by Gasteiger charge is -2.11. The lowest BCUT2D eigenvalue weighted by molar-refractivity contribution is 0.102. The molecule has 1 amide bonds. The van der Waals surface area contributed by atoms with Crippen molar-refractivity contribution in [3.05, 3.63) is 58.9 Å². The summed E-state index contributed by atoms with van der Waals surface area (Å²) >= 11 is 0. The molecule has 0 spiro atoms. The van der Waals surface area contributed by atoms with Crippen LogP contribution in [0.15, 0.2) is 41.3 Å². The highest BCUT2D eigenvalue weighted by Crippen LogP contribution is 2.41. The molecule has 0 saturated heterocycles.